The van der Waals surface area contributed by atoms with E-state index in [2.05, 4.69) is 0 Å². The van der Waals surface area contributed by atoms with E-state index in [1.54, 1.807) is 18.3 Å². The Labute approximate surface area is 219 Å². The first kappa shape index (κ1) is 26.8. The Balaban J connectivity index is 1.56. The Morgan fingerprint density at radius 2 is 1.13 bits per heavy atom. The van der Waals surface area contributed by atoms with Gasteiger partial charge in [0.15, 0.2) is 0 Å². The predicted octanol–water partition coefficient (Wildman–Crippen LogP) is 6.98. The van der Waals surface area contributed by atoms with Crippen LogP contribution in [0.5, 0.6) is 0 Å². The van der Waals surface area contributed by atoms with Gasteiger partial charge < -0.3 is 0 Å². The van der Waals surface area contributed by atoms with Crippen LogP contribution in [0.1, 0.15) is 37.1 Å². The molecular weight excluding hydrogens is 534 g/mol. The van der Waals surface area contributed by atoms with Gasteiger partial charge in [0.1, 0.15) is 0 Å². The third-order valence-corrected chi connectivity index (χ3v) is 12.2. The number of alkyl halides is 3. The number of nitrogens with one attached hydrogen (secondary N) is 1. The monoisotopic (exact) mass is 561 g/mol. The molecule has 0 saturated carbocycles. The van der Waals surface area contributed by atoms with Crippen LogP contribution in [0.2, 0.25) is 0 Å². The second-order valence-electron chi connectivity index (χ2n) is 9.48. The summed E-state index contributed by atoms with van der Waals surface area (Å²) in [6.07, 6.45) is 0. The number of nitrogens with zero attached hydrogens (tertiary/aromatic N) is 2. The molecule has 38 heavy (non-hydrogen) atoms. The number of hydrogen-bond donors (Lipinski definition) is 1. The second kappa shape index (κ2) is 9.77. The molecule has 0 aromatic heterocycles. The Kier molecular flexibility index (Phi) is 6.90. The highest BCUT2D eigenvalue weighted by Gasteiger charge is 2.56. The summed E-state index contributed by atoms with van der Waals surface area (Å²) in [4.78, 5) is 0. The van der Waals surface area contributed by atoms with Crippen LogP contribution in [0.25, 0.3) is 21.5 Å². The lowest BCUT2D eigenvalue weighted by molar-refractivity contribution is -0.0442. The van der Waals surface area contributed by atoms with Gasteiger partial charge in [-0.1, -0.05) is 72.8 Å². The summed E-state index contributed by atoms with van der Waals surface area (Å²) in [7, 11) is -10.4. The molecule has 1 N–H and O–H groups in total. The van der Waals surface area contributed by atoms with Gasteiger partial charge in [-0.05, 0) is 58.7 Å². The summed E-state index contributed by atoms with van der Waals surface area (Å²) in [5.41, 5.74) is -4.17. The van der Waals surface area contributed by atoms with E-state index < -0.39 is 35.2 Å². The molecule has 4 aromatic carbocycles. The molecule has 6 nitrogen and oxygen atoms in total. The van der Waals surface area contributed by atoms with Crippen LogP contribution in [0.4, 0.5) is 13.2 Å². The zero-order valence-corrected chi connectivity index (χ0v) is 22.5. The molecule has 1 heterocycles. The van der Waals surface area contributed by atoms with Crippen molar-refractivity contribution in [3.63, 3.8) is 0 Å². The zero-order chi connectivity index (χ0) is 27.3. The standard InChI is InChI=1S/C27H27F3N3O3PS/c1-19(23-13-11-21-7-3-5-9-25(21)17-23)32-15-16-33(37(32,34)31-38(35,36)27(28,29)30)20(2)24-14-12-22-8-4-6-10-26(22)18-24/h3-14,17-20H,15-16H2,1-2H3,(H,31,34)/t19-,20-/m0/s1. The van der Waals surface area contributed by atoms with Gasteiger partial charge in [-0.15, -0.1) is 4.49 Å². The van der Waals surface area contributed by atoms with Gasteiger partial charge in [-0.2, -0.15) is 13.2 Å². The molecule has 0 radical (unpaired) electrons. The average molecular weight is 562 g/mol. The number of fused-ring (bicyclic) bond motifs is 2. The quantitative estimate of drug-likeness (QED) is 0.257. The fourth-order valence-corrected chi connectivity index (χ4v) is 9.80. The molecule has 0 bridgehead atoms. The molecule has 1 aliphatic heterocycles. The second-order valence-corrected chi connectivity index (χ2v) is 13.8. The minimum absolute atomic E-state index is 0.115. The Hall–Kier alpha value is -2.75. The minimum Gasteiger partial charge on any atom is -0.269 e. The van der Waals surface area contributed by atoms with E-state index in [1.165, 1.54) is 9.34 Å². The summed E-state index contributed by atoms with van der Waals surface area (Å²) >= 11 is 0. The lowest BCUT2D eigenvalue weighted by Crippen LogP contribution is -2.41. The number of hydrogen-bond acceptors (Lipinski definition) is 3. The lowest BCUT2D eigenvalue weighted by atomic mass is 10.0. The first-order valence-electron chi connectivity index (χ1n) is 12.1. The largest absolute Gasteiger partial charge is 0.511 e. The van der Waals surface area contributed by atoms with Gasteiger partial charge in [0, 0.05) is 25.2 Å². The number of rotatable bonds is 6. The molecule has 5 rings (SSSR count). The molecule has 200 valence electrons. The molecule has 0 aliphatic carbocycles. The average Bonchev–Trinajstić information content (AvgIpc) is 3.22. The Morgan fingerprint density at radius 1 is 0.737 bits per heavy atom. The van der Waals surface area contributed by atoms with E-state index in [0.717, 1.165) is 32.7 Å². The maximum atomic E-state index is 14.6. The molecule has 1 aliphatic rings. The van der Waals surface area contributed by atoms with Crippen molar-refractivity contribution in [3.05, 3.63) is 96.1 Å². The van der Waals surface area contributed by atoms with E-state index in [0.29, 0.717) is 0 Å². The van der Waals surface area contributed by atoms with Crippen LogP contribution in [0, 0.1) is 0 Å². The van der Waals surface area contributed by atoms with Crippen LogP contribution < -0.4 is 4.49 Å². The number of sulfonamides is 1. The Morgan fingerprint density at radius 3 is 1.53 bits per heavy atom. The fraction of sp³-hybridized carbons (Fsp3) is 0.259. The number of halogens is 3. The molecule has 1 fully saturated rings. The van der Waals surface area contributed by atoms with E-state index in [-0.39, 0.29) is 13.1 Å². The van der Waals surface area contributed by atoms with Crippen molar-refractivity contribution in [1.82, 2.24) is 13.8 Å². The first-order chi connectivity index (χ1) is 17.9. The number of benzene rings is 4. The van der Waals surface area contributed by atoms with Crippen molar-refractivity contribution in [2.45, 2.75) is 31.4 Å². The maximum Gasteiger partial charge on any atom is 0.511 e. The molecule has 4 aromatic rings. The third kappa shape index (κ3) is 4.76. The van der Waals surface area contributed by atoms with Crippen molar-refractivity contribution in [2.24, 2.45) is 0 Å². The van der Waals surface area contributed by atoms with Crippen LogP contribution >= 0.6 is 7.59 Å². The highest BCUT2D eigenvalue weighted by molar-refractivity contribution is 7.96. The fourth-order valence-electron chi connectivity index (χ4n) is 5.07. The van der Waals surface area contributed by atoms with Crippen LogP contribution in [-0.4, -0.2) is 36.4 Å². The van der Waals surface area contributed by atoms with E-state index >= 15 is 0 Å². The van der Waals surface area contributed by atoms with Gasteiger partial charge in [0.05, 0.1) is 0 Å². The van der Waals surface area contributed by atoms with Crippen molar-refractivity contribution < 1.29 is 26.2 Å². The SMILES string of the molecule is C[C@@H](c1ccc2ccccc2c1)N1CCN([C@@H](C)c2ccc3ccccc3c2)P1(=O)NS(=O)(=O)C(F)(F)F. The Bertz CT molecular complexity index is 1560. The van der Waals surface area contributed by atoms with Crippen LogP contribution in [0.3, 0.4) is 0 Å². The van der Waals surface area contributed by atoms with E-state index in [1.807, 2.05) is 84.9 Å². The molecule has 0 spiro atoms. The van der Waals surface area contributed by atoms with Crippen molar-refractivity contribution >= 4 is 39.2 Å². The first-order valence-corrected chi connectivity index (χ1v) is 15.2. The van der Waals surface area contributed by atoms with Crippen molar-refractivity contribution in [2.75, 3.05) is 13.1 Å². The van der Waals surface area contributed by atoms with Crippen molar-refractivity contribution in [3.8, 4) is 0 Å². The predicted molar refractivity (Wildman–Crippen MR) is 144 cm³/mol. The van der Waals surface area contributed by atoms with Gasteiger partial charge in [-0.3, -0.25) is 4.57 Å². The lowest BCUT2D eigenvalue weighted by Gasteiger charge is -2.36. The topological polar surface area (TPSA) is 69.7 Å². The van der Waals surface area contributed by atoms with Gasteiger partial charge in [0.2, 0.25) is 0 Å². The highest BCUT2D eigenvalue weighted by atomic mass is 32.2. The molecule has 0 unspecified atom stereocenters. The van der Waals surface area contributed by atoms with Gasteiger partial charge in [0.25, 0.3) is 7.59 Å². The summed E-state index contributed by atoms with van der Waals surface area (Å²) in [6.45, 7) is 3.68. The van der Waals surface area contributed by atoms with Crippen LogP contribution in [-0.2, 0) is 14.6 Å². The summed E-state index contributed by atoms with van der Waals surface area (Å²) in [5.74, 6) is 0. The minimum atomic E-state index is -5.90. The zero-order valence-electron chi connectivity index (χ0n) is 20.8. The summed E-state index contributed by atoms with van der Waals surface area (Å²) in [6, 6.07) is 25.2. The molecular formula is C27H27F3N3O3PS. The maximum absolute atomic E-state index is 14.6. The van der Waals surface area contributed by atoms with E-state index in [9.17, 15) is 26.2 Å². The molecule has 0 amide bonds. The smallest absolute Gasteiger partial charge is 0.269 e. The highest BCUT2D eigenvalue weighted by Crippen LogP contribution is 2.61. The van der Waals surface area contributed by atoms with Gasteiger partial charge in [-0.25, -0.2) is 17.8 Å². The van der Waals surface area contributed by atoms with Crippen LogP contribution in [0.15, 0.2) is 84.9 Å². The molecule has 1 saturated heterocycles. The van der Waals surface area contributed by atoms with E-state index in [4.69, 9.17) is 0 Å². The normalized spacial score (nSPS) is 18.7. The molecule has 2 atom stereocenters. The van der Waals surface area contributed by atoms with Gasteiger partial charge >= 0.3 is 15.5 Å². The molecule has 11 heteroatoms. The third-order valence-electron chi connectivity index (χ3n) is 7.20. The summed E-state index contributed by atoms with van der Waals surface area (Å²) in [5, 5.41) is 3.81. The summed E-state index contributed by atoms with van der Waals surface area (Å²) < 4.78 is 84.0. The van der Waals surface area contributed by atoms with Crippen molar-refractivity contribution in [1.29, 1.82) is 0 Å².